The molecule has 0 radical (unpaired) electrons. The summed E-state index contributed by atoms with van der Waals surface area (Å²) < 4.78 is 23.1. The Morgan fingerprint density at radius 2 is 1.82 bits per heavy atom. The smallest absolute Gasteiger partial charge is 0.264 e. The van der Waals surface area contributed by atoms with Crippen molar-refractivity contribution in [2.24, 2.45) is 5.92 Å². The number of hydrogen-bond acceptors (Lipinski definition) is 4. The van der Waals surface area contributed by atoms with Gasteiger partial charge in [-0.15, -0.1) is 0 Å². The van der Waals surface area contributed by atoms with E-state index < -0.39 is 25.7 Å². The maximum absolute atomic E-state index is 15.7. The van der Waals surface area contributed by atoms with Crippen molar-refractivity contribution < 1.29 is 23.5 Å². The Morgan fingerprint density at radius 1 is 1.10 bits per heavy atom. The Kier molecular flexibility index (Phi) is 8.08. The van der Waals surface area contributed by atoms with Gasteiger partial charge in [-0.3, -0.25) is 9.59 Å². The molecule has 210 valence electrons. The first-order valence-corrected chi connectivity index (χ1v) is 17.8. The van der Waals surface area contributed by atoms with Crippen LogP contribution in [0.5, 0.6) is 0 Å². The highest BCUT2D eigenvalue weighted by atomic mass is 79.9. The summed E-state index contributed by atoms with van der Waals surface area (Å²) in [6, 6.07) is 13.6. The highest BCUT2D eigenvalue weighted by Gasteiger charge is 2.66. The molecule has 0 unspecified atom stereocenters. The maximum atomic E-state index is 15.7. The van der Waals surface area contributed by atoms with E-state index in [0.717, 1.165) is 59.2 Å². The van der Waals surface area contributed by atoms with Crippen molar-refractivity contribution in [2.75, 3.05) is 23.0 Å². The van der Waals surface area contributed by atoms with Gasteiger partial charge in [-0.25, -0.2) is 0 Å². The van der Waals surface area contributed by atoms with E-state index in [4.69, 9.17) is 4.74 Å². The minimum Gasteiger partial charge on any atom is -0.396 e. The van der Waals surface area contributed by atoms with Gasteiger partial charge in [-0.1, -0.05) is 47.8 Å². The van der Waals surface area contributed by atoms with Gasteiger partial charge >= 0.3 is 0 Å². The standard InChI is InChI=1S/C30H38BrFN2O4Si/c1-20-28(39(2,3)32)26(15-17-35)38-30(20)24-18-22(31)11-14-25(24)34(29(30)37)19-21-9-12-23(13-10-21)33-16-7-5-4-6-8-27(33)36/h9-14,18,20,26,28,35H,4-8,15-17,19H2,1-3H3/t20-,26+,28-,30+/m0/s1. The van der Waals surface area contributed by atoms with E-state index in [0.29, 0.717) is 19.4 Å². The molecule has 1 spiro atoms. The lowest BCUT2D eigenvalue weighted by atomic mass is 9.82. The van der Waals surface area contributed by atoms with E-state index in [9.17, 15) is 14.7 Å². The molecule has 1 N–H and O–H groups in total. The molecule has 2 amide bonds. The third-order valence-corrected chi connectivity index (χ3v) is 11.7. The number of nitrogens with zero attached hydrogens (tertiary/aromatic N) is 2. The van der Waals surface area contributed by atoms with Crippen molar-refractivity contribution in [1.82, 2.24) is 0 Å². The second-order valence-electron chi connectivity index (χ2n) is 11.7. The van der Waals surface area contributed by atoms with Gasteiger partial charge in [0.1, 0.15) is 0 Å². The van der Waals surface area contributed by atoms with E-state index in [-0.39, 0.29) is 24.3 Å². The van der Waals surface area contributed by atoms with Crippen molar-refractivity contribution in [2.45, 2.75) is 82.3 Å². The van der Waals surface area contributed by atoms with E-state index in [1.165, 1.54) is 0 Å². The molecule has 2 aromatic carbocycles. The van der Waals surface area contributed by atoms with Crippen LogP contribution in [0.25, 0.3) is 0 Å². The number of fused-ring (bicyclic) bond motifs is 2. The first kappa shape index (κ1) is 28.5. The van der Waals surface area contributed by atoms with Crippen LogP contribution in [0.15, 0.2) is 46.9 Å². The number of benzene rings is 2. The number of rotatable bonds is 6. The molecule has 3 heterocycles. The van der Waals surface area contributed by atoms with Crippen LogP contribution in [-0.2, 0) is 26.5 Å². The lowest BCUT2D eigenvalue weighted by molar-refractivity contribution is -0.146. The topological polar surface area (TPSA) is 70.1 Å². The molecular weight excluding hydrogens is 579 g/mol. The van der Waals surface area contributed by atoms with E-state index in [1.54, 1.807) is 18.0 Å². The number of carbonyl (C=O) groups excluding carboxylic acids is 2. The van der Waals surface area contributed by atoms with Crippen molar-refractivity contribution in [3.8, 4) is 0 Å². The summed E-state index contributed by atoms with van der Waals surface area (Å²) in [5.74, 6) is -0.404. The molecule has 0 saturated carbocycles. The van der Waals surface area contributed by atoms with Gasteiger partial charge < -0.3 is 23.8 Å². The third-order valence-electron chi connectivity index (χ3n) is 8.75. The highest BCUT2D eigenvalue weighted by Crippen LogP contribution is 2.60. The fourth-order valence-corrected chi connectivity index (χ4v) is 9.87. The second-order valence-corrected chi connectivity index (χ2v) is 16.4. The molecule has 0 aliphatic carbocycles. The minimum absolute atomic E-state index is 0.121. The lowest BCUT2D eigenvalue weighted by Gasteiger charge is -2.31. The van der Waals surface area contributed by atoms with Gasteiger partial charge in [0, 0.05) is 46.8 Å². The number of aliphatic hydroxyl groups excluding tert-OH is 1. The fourth-order valence-electron chi connectivity index (χ4n) is 6.97. The first-order valence-electron chi connectivity index (χ1n) is 14.1. The Morgan fingerprint density at radius 3 is 2.51 bits per heavy atom. The van der Waals surface area contributed by atoms with Crippen LogP contribution in [0, 0.1) is 5.92 Å². The number of aliphatic hydroxyl groups is 1. The Labute approximate surface area is 239 Å². The molecule has 9 heteroatoms. The second kappa shape index (κ2) is 11.1. The van der Waals surface area contributed by atoms with Crippen molar-refractivity contribution >= 4 is 47.5 Å². The van der Waals surface area contributed by atoms with Crippen LogP contribution in [0.2, 0.25) is 18.6 Å². The van der Waals surface area contributed by atoms with E-state index in [1.807, 2.05) is 54.3 Å². The Balaban J connectivity index is 1.46. The zero-order valence-corrected chi connectivity index (χ0v) is 25.5. The maximum Gasteiger partial charge on any atom is 0.264 e. The third kappa shape index (κ3) is 5.11. The molecule has 2 aromatic rings. The minimum atomic E-state index is -3.23. The highest BCUT2D eigenvalue weighted by molar-refractivity contribution is 9.10. The summed E-state index contributed by atoms with van der Waals surface area (Å²) in [5.41, 5.74) is 1.62. The van der Waals surface area contributed by atoms with E-state index >= 15 is 4.11 Å². The number of anilines is 2. The van der Waals surface area contributed by atoms with Crippen LogP contribution >= 0.6 is 15.9 Å². The number of amides is 2. The molecule has 0 aromatic heterocycles. The molecule has 2 saturated heterocycles. The Bertz CT molecular complexity index is 1240. The van der Waals surface area contributed by atoms with Gasteiger partial charge in [-0.05, 0) is 68.3 Å². The number of halogens is 2. The lowest BCUT2D eigenvalue weighted by Crippen LogP contribution is -2.45. The van der Waals surface area contributed by atoms with Crippen LogP contribution in [0.1, 0.15) is 56.6 Å². The van der Waals surface area contributed by atoms with Crippen LogP contribution in [-0.4, -0.2) is 44.6 Å². The monoisotopic (exact) mass is 616 g/mol. The number of carbonyl (C=O) groups is 2. The molecular formula is C30H38BrFN2O4Si. The average molecular weight is 618 g/mol. The molecule has 6 nitrogen and oxygen atoms in total. The molecule has 39 heavy (non-hydrogen) atoms. The molecule has 4 atom stereocenters. The molecule has 0 bridgehead atoms. The zero-order valence-electron chi connectivity index (χ0n) is 23.0. The van der Waals surface area contributed by atoms with Crippen molar-refractivity contribution in [3.05, 3.63) is 58.1 Å². The summed E-state index contributed by atoms with van der Waals surface area (Å²) >= 11 is 3.56. The van der Waals surface area contributed by atoms with Crippen LogP contribution < -0.4 is 9.80 Å². The molecule has 3 aliphatic heterocycles. The quantitative estimate of drug-likeness (QED) is 0.299. The van der Waals surface area contributed by atoms with Gasteiger partial charge in [0.25, 0.3) is 5.91 Å². The number of hydrogen-bond donors (Lipinski definition) is 1. The van der Waals surface area contributed by atoms with Gasteiger partial charge in [-0.2, -0.15) is 0 Å². The van der Waals surface area contributed by atoms with E-state index in [2.05, 4.69) is 15.9 Å². The van der Waals surface area contributed by atoms with Crippen molar-refractivity contribution in [1.29, 1.82) is 0 Å². The predicted octanol–water partition coefficient (Wildman–Crippen LogP) is 6.45. The Hall–Kier alpha value is -2.07. The largest absolute Gasteiger partial charge is 0.396 e. The average Bonchev–Trinajstić information content (AvgIpc) is 3.29. The normalized spacial score (nSPS) is 27.7. The summed E-state index contributed by atoms with van der Waals surface area (Å²) in [5, 5.41) is 9.73. The molecule has 5 rings (SSSR count). The van der Waals surface area contributed by atoms with Gasteiger partial charge in [0.15, 0.2) is 5.60 Å². The van der Waals surface area contributed by atoms with Crippen LogP contribution in [0.4, 0.5) is 15.5 Å². The van der Waals surface area contributed by atoms with Crippen molar-refractivity contribution in [3.63, 3.8) is 0 Å². The summed E-state index contributed by atoms with van der Waals surface area (Å²) in [6.07, 6.45) is 4.53. The SMILES string of the molecule is C[C@H]1[C@H]([Si](C)(C)F)[C@@H](CCO)O[C@]12C(=O)N(Cc1ccc(N3CCCCCCC3=O)cc1)c1ccc(Br)cc12. The summed E-state index contributed by atoms with van der Waals surface area (Å²) in [6.45, 7) is 6.20. The summed E-state index contributed by atoms with van der Waals surface area (Å²) in [7, 11) is -3.23. The zero-order chi connectivity index (χ0) is 27.9. The molecule has 2 fully saturated rings. The van der Waals surface area contributed by atoms with Gasteiger partial charge in [0.2, 0.25) is 14.3 Å². The van der Waals surface area contributed by atoms with Crippen LogP contribution in [0.3, 0.4) is 0 Å². The fraction of sp³-hybridized carbons (Fsp3) is 0.533. The first-order chi connectivity index (χ1) is 18.6. The predicted molar refractivity (Wildman–Crippen MR) is 157 cm³/mol. The number of ether oxygens (including phenoxy) is 1. The summed E-state index contributed by atoms with van der Waals surface area (Å²) in [4.78, 5) is 30.7. The molecule has 3 aliphatic rings. The van der Waals surface area contributed by atoms with Gasteiger partial charge in [0.05, 0.1) is 18.3 Å².